The van der Waals surface area contributed by atoms with E-state index in [-0.39, 0.29) is 30.0 Å². The van der Waals surface area contributed by atoms with Gasteiger partial charge in [0.05, 0.1) is 12.5 Å². The van der Waals surface area contributed by atoms with Crippen molar-refractivity contribution in [3.8, 4) is 0 Å². The highest BCUT2D eigenvalue weighted by molar-refractivity contribution is 5.79. The number of likely N-dealkylation sites (tertiary alicyclic amines) is 1. The molecule has 1 fully saturated rings. The van der Waals surface area contributed by atoms with E-state index in [4.69, 9.17) is 10.5 Å². The number of amides is 1. The number of benzene rings is 1. The van der Waals surface area contributed by atoms with Gasteiger partial charge in [0.1, 0.15) is 11.6 Å². The lowest BCUT2D eigenvalue weighted by Crippen LogP contribution is -2.51. The van der Waals surface area contributed by atoms with Crippen LogP contribution in [0.4, 0.5) is 8.78 Å². The molecule has 2 N–H and O–H groups in total. The maximum atomic E-state index is 13.6. The molecule has 1 aliphatic heterocycles. The van der Waals surface area contributed by atoms with E-state index < -0.39 is 11.6 Å². The van der Waals surface area contributed by atoms with Gasteiger partial charge < -0.3 is 15.4 Å². The zero-order chi connectivity index (χ0) is 15.4. The summed E-state index contributed by atoms with van der Waals surface area (Å²) < 4.78 is 32.1. The maximum Gasteiger partial charge on any atom is 0.227 e. The van der Waals surface area contributed by atoms with E-state index in [1.54, 1.807) is 12.0 Å². The number of halogens is 2. The number of nitrogens with two attached hydrogens (primary N) is 1. The molecule has 0 spiro atoms. The van der Waals surface area contributed by atoms with Crippen LogP contribution in [-0.2, 0) is 16.0 Å². The Bertz CT molecular complexity index is 510. The van der Waals surface area contributed by atoms with Crippen LogP contribution < -0.4 is 5.73 Å². The van der Waals surface area contributed by atoms with Gasteiger partial charge in [0.2, 0.25) is 5.91 Å². The van der Waals surface area contributed by atoms with E-state index >= 15 is 0 Å². The van der Waals surface area contributed by atoms with Crippen LogP contribution in [0, 0.1) is 11.6 Å². The van der Waals surface area contributed by atoms with Crippen molar-refractivity contribution in [2.75, 3.05) is 20.2 Å². The Labute approximate surface area is 122 Å². The highest BCUT2D eigenvalue weighted by atomic mass is 19.1. The summed E-state index contributed by atoms with van der Waals surface area (Å²) >= 11 is 0. The van der Waals surface area contributed by atoms with Gasteiger partial charge in [-0.15, -0.1) is 0 Å². The summed E-state index contributed by atoms with van der Waals surface area (Å²) in [5, 5.41) is 0. The van der Waals surface area contributed by atoms with Gasteiger partial charge in [-0.25, -0.2) is 8.78 Å². The predicted octanol–water partition coefficient (Wildman–Crippen LogP) is 1.47. The smallest absolute Gasteiger partial charge is 0.227 e. The summed E-state index contributed by atoms with van der Waals surface area (Å²) in [6, 6.07) is 3.02. The molecular formula is C15H20F2N2O2. The second-order valence-corrected chi connectivity index (χ2v) is 5.27. The van der Waals surface area contributed by atoms with E-state index in [1.807, 2.05) is 0 Å². The monoisotopic (exact) mass is 298 g/mol. The molecule has 1 aromatic carbocycles. The van der Waals surface area contributed by atoms with Crippen molar-refractivity contribution in [1.82, 2.24) is 4.90 Å². The molecule has 1 heterocycles. The van der Waals surface area contributed by atoms with E-state index in [1.165, 1.54) is 0 Å². The van der Waals surface area contributed by atoms with Gasteiger partial charge in [-0.1, -0.05) is 0 Å². The van der Waals surface area contributed by atoms with E-state index in [2.05, 4.69) is 0 Å². The summed E-state index contributed by atoms with van der Waals surface area (Å²) in [5.74, 6) is -1.35. The lowest BCUT2D eigenvalue weighted by Gasteiger charge is -2.38. The highest BCUT2D eigenvalue weighted by Crippen LogP contribution is 2.21. The number of methoxy groups -OCH3 is 1. The fourth-order valence-electron chi connectivity index (χ4n) is 2.72. The zero-order valence-corrected chi connectivity index (χ0v) is 12.0. The van der Waals surface area contributed by atoms with Crippen LogP contribution >= 0.6 is 0 Å². The van der Waals surface area contributed by atoms with Crippen LogP contribution in [-0.4, -0.2) is 43.2 Å². The van der Waals surface area contributed by atoms with Crippen molar-refractivity contribution >= 4 is 5.91 Å². The van der Waals surface area contributed by atoms with Crippen LogP contribution in [0.2, 0.25) is 0 Å². The second kappa shape index (κ2) is 6.95. The fourth-order valence-corrected chi connectivity index (χ4v) is 2.72. The Balaban J connectivity index is 2.07. The SMILES string of the molecule is CO[C@H]1CCN(C(=O)Cc2cc(F)ccc2F)[C@H](CN)C1. The van der Waals surface area contributed by atoms with Crippen molar-refractivity contribution in [3.63, 3.8) is 0 Å². The third-order valence-corrected chi connectivity index (χ3v) is 3.94. The standard InChI is InChI=1S/C15H20F2N2O2/c1-21-13-4-5-19(12(8-13)9-18)15(20)7-10-6-11(16)2-3-14(10)17/h2-3,6,12-13H,4-5,7-9,18H2,1H3/t12-,13-/m0/s1. The Morgan fingerprint density at radius 2 is 2.24 bits per heavy atom. The Morgan fingerprint density at radius 3 is 2.90 bits per heavy atom. The maximum absolute atomic E-state index is 13.6. The molecule has 1 aliphatic rings. The third kappa shape index (κ3) is 3.77. The lowest BCUT2D eigenvalue weighted by molar-refractivity contribution is -0.136. The van der Waals surface area contributed by atoms with Gasteiger partial charge >= 0.3 is 0 Å². The Hall–Kier alpha value is -1.53. The van der Waals surface area contributed by atoms with Crippen molar-refractivity contribution in [3.05, 3.63) is 35.4 Å². The third-order valence-electron chi connectivity index (χ3n) is 3.94. The first-order chi connectivity index (χ1) is 10.0. The summed E-state index contributed by atoms with van der Waals surface area (Å²) in [4.78, 5) is 14.0. The Kier molecular flexibility index (Phi) is 5.25. The van der Waals surface area contributed by atoms with E-state index in [0.29, 0.717) is 19.5 Å². The molecule has 0 unspecified atom stereocenters. The summed E-state index contributed by atoms with van der Waals surface area (Å²) in [7, 11) is 1.64. The first kappa shape index (κ1) is 15.9. The molecule has 1 aromatic rings. The molecule has 1 saturated heterocycles. The molecule has 2 atom stereocenters. The van der Waals surface area contributed by atoms with Gasteiger partial charge in [-0.3, -0.25) is 4.79 Å². The quantitative estimate of drug-likeness (QED) is 0.916. The number of hydrogen-bond acceptors (Lipinski definition) is 3. The highest BCUT2D eigenvalue weighted by Gasteiger charge is 2.30. The largest absolute Gasteiger partial charge is 0.381 e. The molecule has 2 rings (SSSR count). The molecule has 116 valence electrons. The lowest BCUT2D eigenvalue weighted by atomic mass is 9.98. The molecule has 4 nitrogen and oxygen atoms in total. The average molecular weight is 298 g/mol. The fraction of sp³-hybridized carbons (Fsp3) is 0.533. The van der Waals surface area contributed by atoms with Crippen molar-refractivity contribution in [1.29, 1.82) is 0 Å². The first-order valence-electron chi connectivity index (χ1n) is 7.01. The minimum Gasteiger partial charge on any atom is -0.381 e. The number of hydrogen-bond donors (Lipinski definition) is 1. The molecule has 0 radical (unpaired) electrons. The van der Waals surface area contributed by atoms with Crippen LogP contribution in [0.25, 0.3) is 0 Å². The summed E-state index contributed by atoms with van der Waals surface area (Å²) in [6.07, 6.45) is 1.33. The van der Waals surface area contributed by atoms with Crippen LogP contribution in [0.3, 0.4) is 0 Å². The molecular weight excluding hydrogens is 278 g/mol. The molecule has 0 saturated carbocycles. The zero-order valence-electron chi connectivity index (χ0n) is 12.0. The van der Waals surface area contributed by atoms with Crippen LogP contribution in [0.15, 0.2) is 18.2 Å². The summed E-state index contributed by atoms with van der Waals surface area (Å²) in [6.45, 7) is 0.855. The van der Waals surface area contributed by atoms with Crippen molar-refractivity contribution in [2.24, 2.45) is 5.73 Å². The first-order valence-corrected chi connectivity index (χ1v) is 7.01. The van der Waals surface area contributed by atoms with Crippen molar-refractivity contribution in [2.45, 2.75) is 31.4 Å². The topological polar surface area (TPSA) is 55.6 Å². The van der Waals surface area contributed by atoms with Crippen LogP contribution in [0.1, 0.15) is 18.4 Å². The second-order valence-electron chi connectivity index (χ2n) is 5.27. The molecule has 6 heteroatoms. The number of carbonyl (C=O) groups excluding carboxylic acids is 1. The number of carbonyl (C=O) groups is 1. The minimum atomic E-state index is -0.569. The minimum absolute atomic E-state index is 0.0737. The van der Waals surface area contributed by atoms with Gasteiger partial charge in [0, 0.05) is 31.8 Å². The van der Waals surface area contributed by atoms with Crippen molar-refractivity contribution < 1.29 is 18.3 Å². The van der Waals surface area contributed by atoms with Gasteiger partial charge in [0.25, 0.3) is 0 Å². The molecule has 21 heavy (non-hydrogen) atoms. The van der Waals surface area contributed by atoms with Crippen LogP contribution in [0.5, 0.6) is 0 Å². The van der Waals surface area contributed by atoms with E-state index in [0.717, 1.165) is 24.6 Å². The van der Waals surface area contributed by atoms with Gasteiger partial charge in [0.15, 0.2) is 0 Å². The number of piperidine rings is 1. The van der Waals surface area contributed by atoms with E-state index in [9.17, 15) is 13.6 Å². The number of ether oxygens (including phenoxy) is 1. The average Bonchev–Trinajstić information content (AvgIpc) is 2.50. The Morgan fingerprint density at radius 1 is 1.48 bits per heavy atom. The number of nitrogens with zero attached hydrogens (tertiary/aromatic N) is 1. The van der Waals surface area contributed by atoms with Gasteiger partial charge in [-0.2, -0.15) is 0 Å². The van der Waals surface area contributed by atoms with Gasteiger partial charge in [-0.05, 0) is 31.0 Å². The summed E-state index contributed by atoms with van der Waals surface area (Å²) in [5.41, 5.74) is 5.79. The molecule has 0 bridgehead atoms. The normalized spacial score (nSPS) is 22.4. The molecule has 0 aromatic heterocycles. The molecule has 1 amide bonds. The molecule has 0 aliphatic carbocycles. The number of rotatable bonds is 4. The predicted molar refractivity (Wildman–Crippen MR) is 74.6 cm³/mol.